The molecule has 0 aromatic heterocycles. The van der Waals surface area contributed by atoms with Crippen molar-refractivity contribution in [3.63, 3.8) is 0 Å². The molecular weight excluding hydrogens is 334 g/mol. The highest BCUT2D eigenvalue weighted by Gasteiger charge is 2.12. The topological polar surface area (TPSA) is 53.5 Å². The van der Waals surface area contributed by atoms with E-state index in [1.165, 1.54) is 5.39 Å². The first-order chi connectivity index (χ1) is 13.1. The van der Waals surface area contributed by atoms with Crippen LogP contribution in [0.4, 0.5) is 5.69 Å². The number of carbonyl (C=O) groups excluding carboxylic acids is 1. The van der Waals surface area contributed by atoms with Gasteiger partial charge in [-0.3, -0.25) is 4.79 Å². The molecule has 3 aromatic rings. The molecule has 136 valence electrons. The molecule has 3 rings (SSSR count). The Morgan fingerprint density at radius 2 is 1.67 bits per heavy atom. The normalized spacial score (nSPS) is 12.9. The largest absolute Gasteiger partial charge is 0.374 e. The highest BCUT2D eigenvalue weighted by Crippen LogP contribution is 2.19. The molecule has 0 heterocycles. The van der Waals surface area contributed by atoms with Crippen LogP contribution in [0.1, 0.15) is 19.4 Å². The number of fused-ring (bicyclic) bond motifs is 1. The van der Waals surface area contributed by atoms with Gasteiger partial charge in [0.2, 0.25) is 0 Å². The van der Waals surface area contributed by atoms with E-state index in [0.717, 1.165) is 22.3 Å². The van der Waals surface area contributed by atoms with Crippen LogP contribution in [0.25, 0.3) is 16.8 Å². The number of hydrogen-bond donors (Lipinski definition) is 2. The van der Waals surface area contributed by atoms with Gasteiger partial charge in [-0.1, -0.05) is 66.7 Å². The summed E-state index contributed by atoms with van der Waals surface area (Å²) in [4.78, 5) is 12.3. The zero-order valence-corrected chi connectivity index (χ0v) is 15.5. The van der Waals surface area contributed by atoms with E-state index >= 15 is 0 Å². The fourth-order valence-corrected chi connectivity index (χ4v) is 2.65. The van der Waals surface area contributed by atoms with Crippen molar-refractivity contribution in [2.45, 2.75) is 19.9 Å². The molecule has 0 radical (unpaired) electrons. The highest BCUT2D eigenvalue weighted by atomic mass is 16.2. The Morgan fingerprint density at radius 1 is 0.963 bits per heavy atom. The van der Waals surface area contributed by atoms with Gasteiger partial charge in [0.1, 0.15) is 6.04 Å². The van der Waals surface area contributed by atoms with Gasteiger partial charge in [-0.05, 0) is 48.4 Å². The second-order valence-electron chi connectivity index (χ2n) is 6.40. The van der Waals surface area contributed by atoms with E-state index in [1.807, 2.05) is 86.7 Å². The molecule has 1 amide bonds. The van der Waals surface area contributed by atoms with Crippen molar-refractivity contribution >= 4 is 34.2 Å². The highest BCUT2D eigenvalue weighted by molar-refractivity contribution is 5.97. The minimum atomic E-state index is -0.402. The predicted octanol–water partition coefficient (Wildman–Crippen LogP) is 4.85. The van der Waals surface area contributed by atoms with Crippen LogP contribution in [-0.2, 0) is 4.79 Å². The quantitative estimate of drug-likeness (QED) is 0.490. The maximum absolute atomic E-state index is 12.3. The zero-order valence-electron chi connectivity index (χ0n) is 15.5. The Balaban J connectivity index is 1.57. The molecule has 0 aliphatic carbocycles. The molecule has 4 heteroatoms. The molecule has 0 aliphatic heterocycles. The Hall–Kier alpha value is -3.40. The lowest BCUT2D eigenvalue weighted by Crippen LogP contribution is -2.35. The van der Waals surface area contributed by atoms with Crippen LogP contribution in [0, 0.1) is 0 Å². The molecule has 3 aromatic carbocycles. The molecule has 4 nitrogen and oxygen atoms in total. The first-order valence-electron chi connectivity index (χ1n) is 8.94. The predicted molar refractivity (Wildman–Crippen MR) is 114 cm³/mol. The molecule has 0 aliphatic rings. The second-order valence-corrected chi connectivity index (χ2v) is 6.40. The number of anilines is 1. The lowest BCUT2D eigenvalue weighted by Gasteiger charge is -2.14. The summed E-state index contributed by atoms with van der Waals surface area (Å²) in [6.07, 6.45) is 3.83. The van der Waals surface area contributed by atoms with E-state index in [2.05, 4.69) is 28.0 Å². The summed E-state index contributed by atoms with van der Waals surface area (Å²) < 4.78 is 0. The van der Waals surface area contributed by atoms with Gasteiger partial charge in [-0.25, -0.2) is 5.43 Å². The maximum Gasteiger partial charge on any atom is 0.262 e. The molecule has 2 N–H and O–H groups in total. The van der Waals surface area contributed by atoms with Crippen molar-refractivity contribution in [3.8, 4) is 0 Å². The maximum atomic E-state index is 12.3. The van der Waals surface area contributed by atoms with E-state index in [1.54, 1.807) is 0 Å². The number of benzene rings is 3. The van der Waals surface area contributed by atoms with E-state index in [-0.39, 0.29) is 5.91 Å². The SMILES string of the molecule is CC(/C=C/c1ccccc1)=N\NC(=O)C(C)Nc1ccc2ccccc2c1. The van der Waals surface area contributed by atoms with Gasteiger partial charge in [0.05, 0.1) is 5.71 Å². The van der Waals surface area contributed by atoms with Gasteiger partial charge in [0.15, 0.2) is 0 Å². The minimum Gasteiger partial charge on any atom is -0.374 e. The molecule has 0 saturated heterocycles. The van der Waals surface area contributed by atoms with Crippen molar-refractivity contribution in [1.82, 2.24) is 5.43 Å². The van der Waals surface area contributed by atoms with Crippen LogP contribution < -0.4 is 10.7 Å². The lowest BCUT2D eigenvalue weighted by atomic mass is 10.1. The van der Waals surface area contributed by atoms with Crippen LogP contribution in [0.2, 0.25) is 0 Å². The number of hydrogen-bond acceptors (Lipinski definition) is 3. The number of carbonyl (C=O) groups is 1. The fourth-order valence-electron chi connectivity index (χ4n) is 2.65. The van der Waals surface area contributed by atoms with Crippen LogP contribution >= 0.6 is 0 Å². The third-order valence-electron chi connectivity index (χ3n) is 4.18. The van der Waals surface area contributed by atoms with Crippen molar-refractivity contribution in [1.29, 1.82) is 0 Å². The Morgan fingerprint density at radius 3 is 2.44 bits per heavy atom. The molecule has 27 heavy (non-hydrogen) atoms. The van der Waals surface area contributed by atoms with E-state index in [9.17, 15) is 4.79 Å². The van der Waals surface area contributed by atoms with Crippen LogP contribution in [-0.4, -0.2) is 17.7 Å². The van der Waals surface area contributed by atoms with Crippen LogP contribution in [0.5, 0.6) is 0 Å². The number of hydrazone groups is 1. The summed E-state index contributed by atoms with van der Waals surface area (Å²) in [5.41, 5.74) is 5.33. The zero-order chi connectivity index (χ0) is 19.1. The standard InChI is InChI=1S/C23H23N3O/c1-17(12-13-19-8-4-3-5-9-19)25-26-23(27)18(2)24-22-15-14-20-10-6-7-11-21(20)16-22/h3-16,18,24H,1-2H3,(H,26,27)/b13-12+,25-17+. The molecule has 0 fully saturated rings. The average molecular weight is 357 g/mol. The van der Waals surface area contributed by atoms with E-state index in [4.69, 9.17) is 0 Å². The molecule has 0 saturated carbocycles. The fraction of sp³-hybridized carbons (Fsp3) is 0.130. The summed E-state index contributed by atoms with van der Waals surface area (Å²) in [5, 5.41) is 9.66. The summed E-state index contributed by atoms with van der Waals surface area (Å²) >= 11 is 0. The summed E-state index contributed by atoms with van der Waals surface area (Å²) in [5.74, 6) is -0.185. The molecule has 1 atom stereocenters. The number of nitrogens with one attached hydrogen (secondary N) is 2. The smallest absolute Gasteiger partial charge is 0.262 e. The van der Waals surface area contributed by atoms with Crippen molar-refractivity contribution in [3.05, 3.63) is 84.4 Å². The van der Waals surface area contributed by atoms with Crippen LogP contribution in [0.15, 0.2) is 84.0 Å². The van der Waals surface area contributed by atoms with Gasteiger partial charge in [0, 0.05) is 5.69 Å². The molecule has 0 spiro atoms. The number of rotatable bonds is 6. The first kappa shape index (κ1) is 18.4. The molecular formula is C23H23N3O. The van der Waals surface area contributed by atoms with Gasteiger partial charge in [-0.15, -0.1) is 0 Å². The van der Waals surface area contributed by atoms with Crippen molar-refractivity contribution in [2.24, 2.45) is 5.10 Å². The Kier molecular flexibility index (Phi) is 6.00. The van der Waals surface area contributed by atoms with Crippen molar-refractivity contribution in [2.75, 3.05) is 5.32 Å². The third kappa shape index (κ3) is 5.28. The number of nitrogens with zero attached hydrogens (tertiary/aromatic N) is 1. The number of allylic oxidation sites excluding steroid dienone is 1. The summed E-state index contributed by atoms with van der Waals surface area (Å²) in [6.45, 7) is 3.66. The summed E-state index contributed by atoms with van der Waals surface area (Å²) in [7, 11) is 0. The Bertz CT molecular complexity index is 977. The number of amides is 1. The van der Waals surface area contributed by atoms with Crippen LogP contribution in [0.3, 0.4) is 0 Å². The molecule has 1 unspecified atom stereocenters. The average Bonchev–Trinajstić information content (AvgIpc) is 2.71. The van der Waals surface area contributed by atoms with E-state index < -0.39 is 6.04 Å². The molecule has 0 bridgehead atoms. The third-order valence-corrected chi connectivity index (χ3v) is 4.18. The first-order valence-corrected chi connectivity index (χ1v) is 8.94. The van der Waals surface area contributed by atoms with Gasteiger partial charge < -0.3 is 5.32 Å². The van der Waals surface area contributed by atoms with Gasteiger partial charge in [0.25, 0.3) is 5.91 Å². The van der Waals surface area contributed by atoms with Crippen molar-refractivity contribution < 1.29 is 4.79 Å². The summed E-state index contributed by atoms with van der Waals surface area (Å²) in [6, 6.07) is 23.7. The minimum absolute atomic E-state index is 0.185. The van der Waals surface area contributed by atoms with Gasteiger partial charge >= 0.3 is 0 Å². The second kappa shape index (κ2) is 8.81. The van der Waals surface area contributed by atoms with E-state index in [0.29, 0.717) is 0 Å². The van der Waals surface area contributed by atoms with Gasteiger partial charge in [-0.2, -0.15) is 5.10 Å². The monoisotopic (exact) mass is 357 g/mol. The Labute approximate surface area is 159 Å². The lowest BCUT2D eigenvalue weighted by molar-refractivity contribution is -0.121.